The number of pyridine rings is 1. The second-order valence-electron chi connectivity index (χ2n) is 6.12. The normalized spacial score (nSPS) is 10.4. The van der Waals surface area contributed by atoms with Crippen molar-refractivity contribution in [2.24, 2.45) is 12.8 Å². The van der Waals surface area contributed by atoms with Crippen molar-refractivity contribution in [3.8, 4) is 0 Å². The Balaban J connectivity index is 1.69. The maximum atomic E-state index is 12.4. The van der Waals surface area contributed by atoms with Crippen LogP contribution in [0.2, 0.25) is 0 Å². The van der Waals surface area contributed by atoms with Crippen LogP contribution in [-0.2, 0) is 7.05 Å². The first-order chi connectivity index (χ1) is 13.3. The summed E-state index contributed by atoms with van der Waals surface area (Å²) in [5, 5.41) is 5.40. The molecule has 0 saturated carbocycles. The number of imidazole rings is 1. The Bertz CT molecular complexity index is 1060. The molecule has 9 heteroatoms. The minimum absolute atomic E-state index is 0.0652. The van der Waals surface area contributed by atoms with Crippen molar-refractivity contribution < 1.29 is 14.4 Å². The lowest BCUT2D eigenvalue weighted by atomic mass is 10.2. The van der Waals surface area contributed by atoms with Crippen molar-refractivity contribution in [1.29, 1.82) is 0 Å². The molecule has 0 unspecified atom stereocenters. The molecule has 0 aliphatic rings. The lowest BCUT2D eigenvalue weighted by Crippen LogP contribution is -2.22. The van der Waals surface area contributed by atoms with Crippen LogP contribution in [0, 0.1) is 6.92 Å². The highest BCUT2D eigenvalue weighted by molar-refractivity contribution is 6.10. The van der Waals surface area contributed by atoms with E-state index in [9.17, 15) is 14.4 Å². The van der Waals surface area contributed by atoms with Gasteiger partial charge in [0.1, 0.15) is 11.4 Å². The van der Waals surface area contributed by atoms with Gasteiger partial charge in [0, 0.05) is 24.6 Å². The van der Waals surface area contributed by atoms with E-state index in [1.54, 1.807) is 49.6 Å². The van der Waals surface area contributed by atoms with Gasteiger partial charge in [-0.05, 0) is 48.9 Å². The maximum Gasteiger partial charge on any atom is 0.274 e. The predicted octanol–water partition coefficient (Wildman–Crippen LogP) is 1.73. The van der Waals surface area contributed by atoms with Crippen LogP contribution in [0.5, 0.6) is 0 Å². The second-order valence-corrected chi connectivity index (χ2v) is 6.12. The third kappa shape index (κ3) is 4.04. The third-order valence-corrected chi connectivity index (χ3v) is 3.93. The van der Waals surface area contributed by atoms with Crippen molar-refractivity contribution >= 4 is 29.1 Å². The number of aromatic nitrogens is 3. The number of nitrogens with zero attached hydrogens (tertiary/aromatic N) is 3. The molecule has 0 saturated heterocycles. The topological polar surface area (TPSA) is 132 Å². The Morgan fingerprint density at radius 2 is 1.57 bits per heavy atom. The number of hydrogen-bond acceptors (Lipinski definition) is 5. The van der Waals surface area contributed by atoms with Gasteiger partial charge in [0.25, 0.3) is 17.7 Å². The van der Waals surface area contributed by atoms with Crippen LogP contribution in [0.25, 0.3) is 0 Å². The summed E-state index contributed by atoms with van der Waals surface area (Å²) in [6.07, 6.45) is 2.91. The number of amides is 3. The Morgan fingerprint density at radius 3 is 2.14 bits per heavy atom. The summed E-state index contributed by atoms with van der Waals surface area (Å²) in [4.78, 5) is 43.9. The summed E-state index contributed by atoms with van der Waals surface area (Å²) in [5.74, 6) is -1.63. The molecule has 0 aliphatic carbocycles. The van der Waals surface area contributed by atoms with Gasteiger partial charge in [-0.15, -0.1) is 0 Å². The second kappa shape index (κ2) is 7.70. The molecule has 0 aliphatic heterocycles. The minimum Gasteiger partial charge on any atom is -0.364 e. The number of primary amides is 1. The first-order valence-corrected chi connectivity index (χ1v) is 8.31. The van der Waals surface area contributed by atoms with Gasteiger partial charge in [0.15, 0.2) is 5.69 Å². The molecular formula is C19H18N6O3. The zero-order chi connectivity index (χ0) is 20.3. The lowest BCUT2D eigenvalue weighted by molar-refractivity contribution is 0.0970. The number of anilines is 2. The molecule has 28 heavy (non-hydrogen) atoms. The third-order valence-electron chi connectivity index (χ3n) is 3.93. The van der Waals surface area contributed by atoms with E-state index in [-0.39, 0.29) is 17.3 Å². The first-order valence-electron chi connectivity index (χ1n) is 8.31. The van der Waals surface area contributed by atoms with E-state index in [2.05, 4.69) is 20.6 Å². The number of nitrogens with two attached hydrogens (primary N) is 1. The van der Waals surface area contributed by atoms with Gasteiger partial charge >= 0.3 is 0 Å². The SMILES string of the molecule is Cc1ccnc(C(=O)Nc2ccc(NC(=O)c3c(C(N)=O)ncn3C)cc2)c1. The van der Waals surface area contributed by atoms with Crippen molar-refractivity contribution in [2.75, 3.05) is 10.6 Å². The number of carbonyl (C=O) groups excluding carboxylic acids is 3. The Labute approximate surface area is 160 Å². The Kier molecular flexibility index (Phi) is 5.16. The van der Waals surface area contributed by atoms with Crippen LogP contribution in [0.4, 0.5) is 11.4 Å². The van der Waals surface area contributed by atoms with Crippen LogP contribution in [-0.4, -0.2) is 32.3 Å². The number of benzene rings is 1. The summed E-state index contributed by atoms with van der Waals surface area (Å²) >= 11 is 0. The Hall–Kier alpha value is -4.01. The van der Waals surface area contributed by atoms with E-state index < -0.39 is 11.8 Å². The van der Waals surface area contributed by atoms with E-state index >= 15 is 0 Å². The zero-order valence-electron chi connectivity index (χ0n) is 15.3. The van der Waals surface area contributed by atoms with Crippen LogP contribution >= 0.6 is 0 Å². The highest BCUT2D eigenvalue weighted by Crippen LogP contribution is 2.16. The molecule has 0 fully saturated rings. The average Bonchev–Trinajstić information content (AvgIpc) is 3.05. The fourth-order valence-electron chi connectivity index (χ4n) is 2.56. The van der Waals surface area contributed by atoms with Gasteiger partial charge in [0.05, 0.1) is 6.33 Å². The predicted molar refractivity (Wildman–Crippen MR) is 103 cm³/mol. The molecule has 0 spiro atoms. The molecule has 1 aromatic carbocycles. The van der Waals surface area contributed by atoms with Gasteiger partial charge in [0.2, 0.25) is 0 Å². The highest BCUT2D eigenvalue weighted by Gasteiger charge is 2.21. The van der Waals surface area contributed by atoms with E-state index in [1.165, 1.54) is 10.9 Å². The number of nitrogens with one attached hydrogen (secondary N) is 2. The van der Waals surface area contributed by atoms with Crippen LogP contribution in [0.3, 0.4) is 0 Å². The summed E-state index contributed by atoms with van der Waals surface area (Å²) < 4.78 is 1.42. The quantitative estimate of drug-likeness (QED) is 0.622. The highest BCUT2D eigenvalue weighted by atomic mass is 16.2. The van der Waals surface area contributed by atoms with Crippen molar-refractivity contribution in [3.05, 3.63) is 71.6 Å². The van der Waals surface area contributed by atoms with Gasteiger partial charge < -0.3 is 20.9 Å². The molecule has 2 heterocycles. The smallest absolute Gasteiger partial charge is 0.274 e. The number of carbonyl (C=O) groups is 3. The van der Waals surface area contributed by atoms with Gasteiger partial charge in [-0.1, -0.05) is 0 Å². The molecule has 3 rings (SSSR count). The lowest BCUT2D eigenvalue weighted by Gasteiger charge is -2.09. The Morgan fingerprint density at radius 1 is 0.964 bits per heavy atom. The largest absolute Gasteiger partial charge is 0.364 e. The molecule has 2 aromatic heterocycles. The molecule has 4 N–H and O–H groups in total. The summed E-state index contributed by atoms with van der Waals surface area (Å²) in [7, 11) is 1.59. The van der Waals surface area contributed by atoms with E-state index in [0.29, 0.717) is 17.1 Å². The average molecular weight is 378 g/mol. The minimum atomic E-state index is -0.784. The maximum absolute atomic E-state index is 12.4. The van der Waals surface area contributed by atoms with Crippen molar-refractivity contribution in [3.63, 3.8) is 0 Å². The fraction of sp³-hybridized carbons (Fsp3) is 0.105. The molecule has 0 bridgehead atoms. The monoisotopic (exact) mass is 378 g/mol. The number of hydrogen-bond donors (Lipinski definition) is 3. The molecule has 9 nitrogen and oxygen atoms in total. The molecule has 3 amide bonds. The first kappa shape index (κ1) is 18.8. The molecule has 142 valence electrons. The van der Waals surface area contributed by atoms with E-state index in [0.717, 1.165) is 5.56 Å². The van der Waals surface area contributed by atoms with Crippen LogP contribution in [0.15, 0.2) is 48.9 Å². The molecular weight excluding hydrogens is 360 g/mol. The summed E-state index contributed by atoms with van der Waals surface area (Å²) in [6.45, 7) is 1.88. The van der Waals surface area contributed by atoms with Crippen molar-refractivity contribution in [1.82, 2.24) is 14.5 Å². The van der Waals surface area contributed by atoms with Crippen molar-refractivity contribution in [2.45, 2.75) is 6.92 Å². The van der Waals surface area contributed by atoms with Crippen LogP contribution < -0.4 is 16.4 Å². The number of rotatable bonds is 5. The summed E-state index contributed by atoms with van der Waals surface area (Å²) in [5.41, 5.74) is 7.48. The standard InChI is InChI=1S/C19H18N6O3/c1-11-7-8-21-14(9-11)18(27)23-12-3-5-13(6-4-12)24-19(28)16-15(17(20)26)22-10-25(16)2/h3-10H,1-2H3,(H2,20,26)(H,23,27)(H,24,28). The molecule has 0 radical (unpaired) electrons. The fourth-order valence-corrected chi connectivity index (χ4v) is 2.56. The van der Waals surface area contributed by atoms with E-state index in [4.69, 9.17) is 5.73 Å². The van der Waals surface area contributed by atoms with Crippen LogP contribution in [0.1, 0.15) is 37.0 Å². The molecule has 0 atom stereocenters. The van der Waals surface area contributed by atoms with E-state index in [1.807, 2.05) is 6.92 Å². The zero-order valence-corrected chi connectivity index (χ0v) is 15.3. The summed E-state index contributed by atoms with van der Waals surface area (Å²) in [6, 6.07) is 10.0. The number of aryl methyl sites for hydroxylation is 2. The molecule has 3 aromatic rings. The van der Waals surface area contributed by atoms with Gasteiger partial charge in [-0.2, -0.15) is 0 Å². The van der Waals surface area contributed by atoms with Gasteiger partial charge in [-0.3, -0.25) is 19.4 Å². The van der Waals surface area contributed by atoms with Gasteiger partial charge in [-0.25, -0.2) is 4.98 Å².